The van der Waals surface area contributed by atoms with E-state index in [1.807, 2.05) is 20.8 Å². The largest absolute Gasteiger partial charge is 0.472 e. The highest BCUT2D eigenvalue weighted by atomic mass is 16.5. The van der Waals surface area contributed by atoms with Gasteiger partial charge in [0, 0.05) is 17.9 Å². The first-order valence-corrected chi connectivity index (χ1v) is 5.84. The van der Waals surface area contributed by atoms with E-state index < -0.39 is 0 Å². The minimum Gasteiger partial charge on any atom is -0.472 e. The Morgan fingerprint density at radius 3 is 2.76 bits per heavy atom. The molecule has 1 saturated heterocycles. The van der Waals surface area contributed by atoms with E-state index in [1.165, 1.54) is 0 Å². The van der Waals surface area contributed by atoms with Gasteiger partial charge in [0.25, 0.3) is 0 Å². The number of ether oxygens (including phenoxy) is 2. The highest BCUT2D eigenvalue weighted by molar-refractivity contribution is 5.34. The van der Waals surface area contributed by atoms with Gasteiger partial charge in [0.05, 0.1) is 13.2 Å². The van der Waals surface area contributed by atoms with Crippen molar-refractivity contribution in [3.8, 4) is 5.88 Å². The first kappa shape index (κ1) is 12.1. The van der Waals surface area contributed by atoms with Crippen LogP contribution < -0.4 is 10.5 Å². The van der Waals surface area contributed by atoms with Crippen LogP contribution in [0.15, 0.2) is 6.07 Å². The lowest BCUT2D eigenvalue weighted by atomic mass is 9.96. The summed E-state index contributed by atoms with van der Waals surface area (Å²) in [6.07, 6.45) is 0.978. The van der Waals surface area contributed by atoms with E-state index in [0.717, 1.165) is 13.0 Å². The molecule has 2 N–H and O–H groups in total. The van der Waals surface area contributed by atoms with Gasteiger partial charge < -0.3 is 15.2 Å². The molecule has 0 aromatic carbocycles. The Labute approximate surface area is 101 Å². The Balaban J connectivity index is 2.19. The lowest BCUT2D eigenvalue weighted by Crippen LogP contribution is -2.20. The molecule has 1 aromatic heterocycles. The van der Waals surface area contributed by atoms with E-state index in [0.29, 0.717) is 24.1 Å². The fraction of sp³-hybridized carbons (Fsp3) is 0.667. The second kappa shape index (κ2) is 4.49. The molecule has 17 heavy (non-hydrogen) atoms. The fourth-order valence-corrected chi connectivity index (χ4v) is 1.62. The van der Waals surface area contributed by atoms with Crippen molar-refractivity contribution < 1.29 is 9.47 Å². The maximum atomic E-state index is 5.77. The van der Waals surface area contributed by atoms with Crippen molar-refractivity contribution in [2.75, 3.05) is 18.9 Å². The van der Waals surface area contributed by atoms with Crippen molar-refractivity contribution >= 4 is 5.82 Å². The van der Waals surface area contributed by atoms with E-state index in [-0.39, 0.29) is 11.5 Å². The molecule has 5 heteroatoms. The molecule has 1 aliphatic heterocycles. The van der Waals surface area contributed by atoms with Gasteiger partial charge in [-0.2, -0.15) is 4.98 Å². The zero-order valence-corrected chi connectivity index (χ0v) is 10.6. The van der Waals surface area contributed by atoms with Crippen LogP contribution in [0.1, 0.15) is 33.0 Å². The Hall–Kier alpha value is -1.36. The van der Waals surface area contributed by atoms with E-state index >= 15 is 0 Å². The summed E-state index contributed by atoms with van der Waals surface area (Å²) in [7, 11) is 0. The lowest BCUT2D eigenvalue weighted by molar-refractivity contribution is 0.137. The third-order valence-electron chi connectivity index (χ3n) is 2.57. The van der Waals surface area contributed by atoms with Gasteiger partial charge in [-0.15, -0.1) is 0 Å². The quantitative estimate of drug-likeness (QED) is 0.844. The van der Waals surface area contributed by atoms with Gasteiger partial charge in [-0.3, -0.25) is 0 Å². The van der Waals surface area contributed by atoms with Gasteiger partial charge in [0.2, 0.25) is 5.88 Å². The molecule has 1 unspecified atom stereocenters. The van der Waals surface area contributed by atoms with Crippen molar-refractivity contribution in [1.82, 2.24) is 9.97 Å². The highest BCUT2D eigenvalue weighted by Gasteiger charge is 2.22. The SMILES string of the molecule is CC(C)(C)c1nc(N)cc(OC2CCOC2)n1. The summed E-state index contributed by atoms with van der Waals surface area (Å²) in [6, 6.07) is 1.66. The van der Waals surface area contributed by atoms with E-state index in [9.17, 15) is 0 Å². The van der Waals surface area contributed by atoms with Crippen LogP contribution in [-0.2, 0) is 10.2 Å². The second-order valence-electron chi connectivity index (χ2n) is 5.31. The number of rotatable bonds is 2. The second-order valence-corrected chi connectivity index (χ2v) is 5.31. The standard InChI is InChI=1S/C12H19N3O2/c1-12(2,3)11-14-9(13)6-10(15-11)17-8-4-5-16-7-8/h6,8H,4-5,7H2,1-3H3,(H2,13,14,15). The predicted molar refractivity (Wildman–Crippen MR) is 65.0 cm³/mol. The van der Waals surface area contributed by atoms with Gasteiger partial charge in [0.15, 0.2) is 0 Å². The average Bonchev–Trinajstić information content (AvgIpc) is 2.68. The zero-order valence-electron chi connectivity index (χ0n) is 10.6. The summed E-state index contributed by atoms with van der Waals surface area (Å²) in [4.78, 5) is 8.63. The van der Waals surface area contributed by atoms with Crippen molar-refractivity contribution in [1.29, 1.82) is 0 Å². The molecule has 0 radical (unpaired) electrons. The van der Waals surface area contributed by atoms with Crippen LogP contribution in [0.5, 0.6) is 5.88 Å². The molecule has 0 aliphatic carbocycles. The molecule has 0 saturated carbocycles. The molecule has 1 aromatic rings. The first-order valence-electron chi connectivity index (χ1n) is 5.84. The van der Waals surface area contributed by atoms with Crippen LogP contribution in [-0.4, -0.2) is 29.3 Å². The lowest BCUT2D eigenvalue weighted by Gasteiger charge is -2.18. The summed E-state index contributed by atoms with van der Waals surface area (Å²) in [5, 5.41) is 0. The van der Waals surface area contributed by atoms with Crippen LogP contribution in [0.25, 0.3) is 0 Å². The number of hydrogen-bond acceptors (Lipinski definition) is 5. The van der Waals surface area contributed by atoms with Gasteiger partial charge >= 0.3 is 0 Å². The van der Waals surface area contributed by atoms with Crippen LogP contribution in [0.2, 0.25) is 0 Å². The number of nitrogens with two attached hydrogens (primary N) is 1. The molecular formula is C12H19N3O2. The number of nitrogen functional groups attached to an aromatic ring is 1. The molecule has 2 rings (SSSR count). The normalized spacial score (nSPS) is 20.5. The van der Waals surface area contributed by atoms with Gasteiger partial charge in [-0.05, 0) is 0 Å². The molecular weight excluding hydrogens is 218 g/mol. The van der Waals surface area contributed by atoms with Crippen molar-refractivity contribution in [2.45, 2.75) is 38.7 Å². The summed E-state index contributed by atoms with van der Waals surface area (Å²) in [5.41, 5.74) is 5.63. The van der Waals surface area contributed by atoms with Crippen molar-refractivity contribution in [3.63, 3.8) is 0 Å². The number of anilines is 1. The maximum absolute atomic E-state index is 5.77. The smallest absolute Gasteiger partial charge is 0.219 e. The molecule has 1 fully saturated rings. The molecule has 0 bridgehead atoms. The maximum Gasteiger partial charge on any atom is 0.219 e. The average molecular weight is 237 g/mol. The monoisotopic (exact) mass is 237 g/mol. The van der Waals surface area contributed by atoms with Crippen molar-refractivity contribution in [3.05, 3.63) is 11.9 Å². The third-order valence-corrected chi connectivity index (χ3v) is 2.57. The Morgan fingerprint density at radius 1 is 1.41 bits per heavy atom. The summed E-state index contributed by atoms with van der Waals surface area (Å²) < 4.78 is 11.0. The Morgan fingerprint density at radius 2 is 2.18 bits per heavy atom. The molecule has 0 spiro atoms. The zero-order chi connectivity index (χ0) is 12.5. The Kier molecular flexibility index (Phi) is 3.19. The molecule has 5 nitrogen and oxygen atoms in total. The predicted octanol–water partition coefficient (Wildman–Crippen LogP) is 1.52. The molecule has 1 atom stereocenters. The van der Waals surface area contributed by atoms with E-state index in [1.54, 1.807) is 6.07 Å². The summed E-state index contributed by atoms with van der Waals surface area (Å²) >= 11 is 0. The summed E-state index contributed by atoms with van der Waals surface area (Å²) in [6.45, 7) is 7.50. The minimum absolute atomic E-state index is 0.0807. The van der Waals surface area contributed by atoms with Gasteiger partial charge in [-0.1, -0.05) is 20.8 Å². The molecule has 2 heterocycles. The molecule has 94 valence electrons. The van der Waals surface area contributed by atoms with Crippen LogP contribution in [0.4, 0.5) is 5.82 Å². The topological polar surface area (TPSA) is 70.3 Å². The van der Waals surface area contributed by atoms with E-state index in [2.05, 4.69) is 9.97 Å². The van der Waals surface area contributed by atoms with Crippen LogP contribution in [0.3, 0.4) is 0 Å². The van der Waals surface area contributed by atoms with Gasteiger partial charge in [0.1, 0.15) is 17.7 Å². The third kappa shape index (κ3) is 3.06. The van der Waals surface area contributed by atoms with Gasteiger partial charge in [-0.25, -0.2) is 4.98 Å². The van der Waals surface area contributed by atoms with Crippen LogP contribution >= 0.6 is 0 Å². The number of aromatic nitrogens is 2. The van der Waals surface area contributed by atoms with Crippen molar-refractivity contribution in [2.24, 2.45) is 0 Å². The molecule has 0 amide bonds. The highest BCUT2D eigenvalue weighted by Crippen LogP contribution is 2.23. The number of nitrogens with zero attached hydrogens (tertiary/aromatic N) is 2. The first-order chi connectivity index (χ1) is 7.95. The fourth-order valence-electron chi connectivity index (χ4n) is 1.62. The Bertz CT molecular complexity index is 395. The van der Waals surface area contributed by atoms with E-state index in [4.69, 9.17) is 15.2 Å². The summed E-state index contributed by atoms with van der Waals surface area (Å²) in [5.74, 6) is 1.68. The number of hydrogen-bond donors (Lipinski definition) is 1. The molecule has 1 aliphatic rings. The minimum atomic E-state index is -0.139. The van der Waals surface area contributed by atoms with Crippen LogP contribution in [0, 0.1) is 0 Å².